The summed E-state index contributed by atoms with van der Waals surface area (Å²) in [6.45, 7) is 2.72. The molecule has 3 heterocycles. The summed E-state index contributed by atoms with van der Waals surface area (Å²) in [6, 6.07) is 12.4. The van der Waals surface area contributed by atoms with E-state index in [9.17, 15) is 4.79 Å². The number of nitrogens with zero attached hydrogens (tertiary/aromatic N) is 2. The topological polar surface area (TPSA) is 54.5 Å². The maximum absolute atomic E-state index is 12.6. The molecule has 1 unspecified atom stereocenters. The molecule has 7 heteroatoms. The normalized spacial score (nSPS) is 15.3. The molecule has 1 fully saturated rings. The zero-order valence-corrected chi connectivity index (χ0v) is 18.1. The number of aromatic nitrogens is 1. The van der Waals surface area contributed by atoms with Crippen LogP contribution in [0.15, 0.2) is 47.2 Å². The molecule has 1 aliphatic rings. The number of methoxy groups -OCH3 is 1. The van der Waals surface area contributed by atoms with Gasteiger partial charge in [-0.3, -0.25) is 9.69 Å². The van der Waals surface area contributed by atoms with E-state index in [1.807, 2.05) is 29.0 Å². The molecule has 0 aliphatic carbocycles. The number of benzene rings is 1. The number of hydrogen-bond acceptors (Lipinski definition) is 6. The highest BCUT2D eigenvalue weighted by Gasteiger charge is 2.24. The monoisotopic (exact) mass is 427 g/mol. The van der Waals surface area contributed by atoms with Crippen LogP contribution in [0.3, 0.4) is 0 Å². The fourth-order valence-corrected chi connectivity index (χ4v) is 5.33. The van der Waals surface area contributed by atoms with Gasteiger partial charge in [-0.15, -0.1) is 22.7 Å². The van der Waals surface area contributed by atoms with E-state index in [2.05, 4.69) is 33.4 Å². The fourth-order valence-electron chi connectivity index (χ4n) is 3.70. The maximum Gasteiger partial charge on any atom is 0.226 e. The van der Waals surface area contributed by atoms with Crippen molar-refractivity contribution in [1.82, 2.24) is 15.2 Å². The second kappa shape index (κ2) is 9.52. The summed E-state index contributed by atoms with van der Waals surface area (Å²) < 4.78 is 5.39. The molecule has 0 radical (unpaired) electrons. The van der Waals surface area contributed by atoms with Crippen LogP contribution in [0.2, 0.25) is 0 Å². The van der Waals surface area contributed by atoms with Crippen LogP contribution < -0.4 is 10.1 Å². The maximum atomic E-state index is 12.6. The van der Waals surface area contributed by atoms with Crippen molar-refractivity contribution in [3.05, 3.63) is 58.4 Å². The molecular weight excluding hydrogens is 402 g/mol. The lowest BCUT2D eigenvalue weighted by Crippen LogP contribution is -2.37. The Hall–Kier alpha value is -2.22. The van der Waals surface area contributed by atoms with Crippen LogP contribution in [0, 0.1) is 0 Å². The van der Waals surface area contributed by atoms with Crippen LogP contribution in [0.25, 0.3) is 9.88 Å². The summed E-state index contributed by atoms with van der Waals surface area (Å²) in [5, 5.41) is 8.14. The number of likely N-dealkylation sites (tertiary alicyclic amines) is 1. The fraction of sp³-hybridized carbons (Fsp3) is 0.364. The Morgan fingerprint density at radius 2 is 2.10 bits per heavy atom. The molecule has 1 amide bonds. The first-order valence-corrected chi connectivity index (χ1v) is 11.6. The summed E-state index contributed by atoms with van der Waals surface area (Å²) in [5.41, 5.74) is 2.01. The first-order chi connectivity index (χ1) is 14.2. The third-order valence-electron chi connectivity index (χ3n) is 5.18. The van der Waals surface area contributed by atoms with Crippen molar-refractivity contribution in [1.29, 1.82) is 0 Å². The van der Waals surface area contributed by atoms with E-state index in [-0.39, 0.29) is 11.9 Å². The average molecular weight is 428 g/mol. The Balaban J connectivity index is 1.39. The molecule has 152 valence electrons. The highest BCUT2D eigenvalue weighted by Crippen LogP contribution is 2.29. The van der Waals surface area contributed by atoms with Gasteiger partial charge in [-0.25, -0.2) is 4.98 Å². The Bertz CT molecular complexity index is 933. The minimum absolute atomic E-state index is 0.0140. The van der Waals surface area contributed by atoms with E-state index >= 15 is 0 Å². The van der Waals surface area contributed by atoms with E-state index in [0.717, 1.165) is 34.4 Å². The van der Waals surface area contributed by atoms with Crippen LogP contribution >= 0.6 is 22.7 Å². The van der Waals surface area contributed by atoms with Crippen molar-refractivity contribution < 1.29 is 9.53 Å². The predicted octanol–water partition coefficient (Wildman–Crippen LogP) is 4.38. The average Bonchev–Trinajstić information content (AvgIpc) is 3.50. The lowest BCUT2D eigenvalue weighted by Gasteiger charge is -2.28. The first kappa shape index (κ1) is 20.1. The van der Waals surface area contributed by atoms with Crippen LogP contribution in [-0.4, -0.2) is 42.5 Å². The quantitative estimate of drug-likeness (QED) is 0.580. The Kier molecular flexibility index (Phi) is 6.59. The van der Waals surface area contributed by atoms with Gasteiger partial charge in [0, 0.05) is 11.9 Å². The summed E-state index contributed by atoms with van der Waals surface area (Å²) in [5.74, 6) is 0.863. The molecule has 1 N–H and O–H groups in total. The summed E-state index contributed by atoms with van der Waals surface area (Å²) >= 11 is 3.26. The standard InChI is InChI=1S/C22H25N3O2S2/c1-27-18-7-4-6-16(12-18)19(25-9-2-3-10-25)14-23-21(26)13-17-15-29-22(24-17)20-8-5-11-28-20/h4-8,11-12,15,19H,2-3,9-10,13-14H2,1H3,(H,23,26). The third kappa shape index (κ3) is 5.04. The van der Waals surface area contributed by atoms with Gasteiger partial charge >= 0.3 is 0 Å². The van der Waals surface area contributed by atoms with E-state index in [4.69, 9.17) is 4.74 Å². The first-order valence-electron chi connectivity index (χ1n) is 9.86. The van der Waals surface area contributed by atoms with Crippen LogP contribution in [0.1, 0.15) is 30.1 Å². The van der Waals surface area contributed by atoms with Crippen molar-refractivity contribution in [2.75, 3.05) is 26.7 Å². The molecule has 1 aromatic carbocycles. The van der Waals surface area contributed by atoms with Crippen LogP contribution in [-0.2, 0) is 11.2 Å². The number of amides is 1. The van der Waals surface area contributed by atoms with Crippen molar-refractivity contribution in [2.45, 2.75) is 25.3 Å². The van der Waals surface area contributed by atoms with Gasteiger partial charge in [-0.05, 0) is 55.1 Å². The molecule has 0 saturated carbocycles. The van der Waals surface area contributed by atoms with E-state index < -0.39 is 0 Å². The number of rotatable bonds is 8. The number of carbonyl (C=O) groups excluding carboxylic acids is 1. The number of thiophene rings is 1. The molecule has 2 aromatic heterocycles. The van der Waals surface area contributed by atoms with Crippen molar-refractivity contribution >= 4 is 28.6 Å². The number of ether oxygens (including phenoxy) is 1. The van der Waals surface area contributed by atoms with E-state index in [1.54, 1.807) is 29.8 Å². The predicted molar refractivity (Wildman–Crippen MR) is 119 cm³/mol. The highest BCUT2D eigenvalue weighted by atomic mass is 32.1. The Morgan fingerprint density at radius 1 is 1.24 bits per heavy atom. The van der Waals surface area contributed by atoms with Crippen molar-refractivity contribution in [3.63, 3.8) is 0 Å². The number of nitrogens with one attached hydrogen (secondary N) is 1. The highest BCUT2D eigenvalue weighted by molar-refractivity contribution is 7.20. The minimum Gasteiger partial charge on any atom is -0.497 e. The molecule has 1 atom stereocenters. The second-order valence-electron chi connectivity index (χ2n) is 7.14. The molecule has 1 saturated heterocycles. The Labute approximate surface area is 179 Å². The number of hydrogen-bond donors (Lipinski definition) is 1. The summed E-state index contributed by atoms with van der Waals surface area (Å²) in [4.78, 5) is 20.8. The van der Waals surface area contributed by atoms with Crippen molar-refractivity contribution in [2.24, 2.45) is 0 Å². The third-order valence-corrected chi connectivity index (χ3v) is 7.11. The zero-order chi connectivity index (χ0) is 20.1. The minimum atomic E-state index is 0.0140. The molecule has 1 aliphatic heterocycles. The van der Waals surface area contributed by atoms with Crippen molar-refractivity contribution in [3.8, 4) is 15.6 Å². The Morgan fingerprint density at radius 3 is 2.86 bits per heavy atom. The largest absolute Gasteiger partial charge is 0.497 e. The van der Waals surface area contributed by atoms with Crippen LogP contribution in [0.4, 0.5) is 0 Å². The van der Waals surface area contributed by atoms with Gasteiger partial charge in [-0.2, -0.15) is 0 Å². The lowest BCUT2D eigenvalue weighted by molar-refractivity contribution is -0.120. The van der Waals surface area contributed by atoms with Gasteiger partial charge in [0.25, 0.3) is 0 Å². The molecular formula is C22H25N3O2S2. The van der Waals surface area contributed by atoms with Gasteiger partial charge in [0.15, 0.2) is 0 Å². The number of carbonyl (C=O) groups is 1. The molecule has 4 rings (SSSR count). The molecule has 0 bridgehead atoms. The van der Waals surface area contributed by atoms with E-state index in [0.29, 0.717) is 13.0 Å². The smallest absolute Gasteiger partial charge is 0.226 e. The SMILES string of the molecule is COc1cccc(C(CNC(=O)Cc2csc(-c3cccs3)n2)N2CCCC2)c1. The van der Waals surface area contributed by atoms with Gasteiger partial charge in [0.2, 0.25) is 5.91 Å². The molecule has 3 aromatic rings. The molecule has 0 spiro atoms. The van der Waals surface area contributed by atoms with E-state index in [1.165, 1.54) is 18.4 Å². The zero-order valence-electron chi connectivity index (χ0n) is 16.5. The lowest BCUT2D eigenvalue weighted by atomic mass is 10.0. The summed E-state index contributed by atoms with van der Waals surface area (Å²) in [7, 11) is 1.68. The van der Waals surface area contributed by atoms with Gasteiger partial charge in [-0.1, -0.05) is 18.2 Å². The van der Waals surface area contributed by atoms with Gasteiger partial charge in [0.1, 0.15) is 10.8 Å². The van der Waals surface area contributed by atoms with Crippen LogP contribution in [0.5, 0.6) is 5.75 Å². The summed E-state index contributed by atoms with van der Waals surface area (Å²) in [6.07, 6.45) is 2.73. The molecule has 29 heavy (non-hydrogen) atoms. The molecule has 5 nitrogen and oxygen atoms in total. The number of thiazole rings is 1. The second-order valence-corrected chi connectivity index (χ2v) is 8.94. The van der Waals surface area contributed by atoms with Gasteiger partial charge in [0.05, 0.1) is 30.1 Å². The van der Waals surface area contributed by atoms with Gasteiger partial charge < -0.3 is 10.1 Å².